The van der Waals surface area contributed by atoms with Crippen LogP contribution in [-0.4, -0.2) is 54.2 Å². The number of rotatable bonds is 4. The monoisotopic (exact) mass is 360 g/mol. The van der Waals surface area contributed by atoms with Crippen molar-refractivity contribution >= 4 is 11.7 Å². The molecule has 6 nitrogen and oxygen atoms in total. The van der Waals surface area contributed by atoms with Crippen LogP contribution >= 0.6 is 0 Å². The van der Waals surface area contributed by atoms with Gasteiger partial charge >= 0.3 is 0 Å². The van der Waals surface area contributed by atoms with Crippen molar-refractivity contribution < 1.29 is 19.3 Å². The topological polar surface area (TPSA) is 59.1 Å². The van der Waals surface area contributed by atoms with Gasteiger partial charge in [-0.1, -0.05) is 17.7 Å². The Bertz CT molecular complexity index is 700. The molecule has 0 saturated carbocycles. The lowest BCUT2D eigenvalue weighted by atomic mass is 9.79. The normalized spacial score (nSPS) is 23.3. The Morgan fingerprint density at radius 1 is 1.12 bits per heavy atom. The van der Waals surface area contributed by atoms with Crippen molar-refractivity contribution in [1.82, 2.24) is 10.1 Å². The van der Waals surface area contributed by atoms with Crippen molar-refractivity contribution in [2.24, 2.45) is 0 Å². The van der Waals surface area contributed by atoms with Crippen molar-refractivity contribution in [1.29, 1.82) is 0 Å². The zero-order valence-electron chi connectivity index (χ0n) is 16.3. The van der Waals surface area contributed by atoms with Crippen LogP contribution in [0.4, 0.5) is 0 Å². The Hall–Kier alpha value is -1.76. The highest BCUT2D eigenvalue weighted by atomic mass is 16.7. The summed E-state index contributed by atoms with van der Waals surface area (Å²) in [6, 6.07) is 4.07. The molecule has 0 N–H and O–H groups in total. The molecule has 1 amide bonds. The maximum absolute atomic E-state index is 13.6. The highest BCUT2D eigenvalue weighted by Gasteiger charge is 2.61. The van der Waals surface area contributed by atoms with E-state index in [1.54, 1.807) is 7.11 Å². The molecule has 1 unspecified atom stereocenters. The second-order valence-corrected chi connectivity index (χ2v) is 7.30. The first kappa shape index (κ1) is 19.0. The third kappa shape index (κ3) is 2.86. The third-order valence-corrected chi connectivity index (χ3v) is 5.65. The molecule has 6 heteroatoms. The molecule has 1 aromatic carbocycles. The fraction of sp³-hybridized carbons (Fsp3) is 0.600. The van der Waals surface area contributed by atoms with Crippen LogP contribution in [0.2, 0.25) is 0 Å². The van der Waals surface area contributed by atoms with Crippen molar-refractivity contribution in [3.05, 3.63) is 34.4 Å². The summed E-state index contributed by atoms with van der Waals surface area (Å²) in [5.41, 5.74) is 3.04. The Morgan fingerprint density at radius 3 is 2.19 bits per heavy atom. The molecule has 3 rings (SSSR count). The van der Waals surface area contributed by atoms with E-state index in [0.717, 1.165) is 22.3 Å². The van der Waals surface area contributed by atoms with Crippen molar-refractivity contribution in [3.8, 4) is 0 Å². The Balaban J connectivity index is 2.04. The summed E-state index contributed by atoms with van der Waals surface area (Å²) in [4.78, 5) is 37.8. The molecular formula is C20H28N2O4. The van der Waals surface area contributed by atoms with E-state index < -0.39 is 11.5 Å². The maximum atomic E-state index is 13.6. The highest BCUT2D eigenvalue weighted by Crippen LogP contribution is 2.44. The molecule has 0 bridgehead atoms. The fourth-order valence-corrected chi connectivity index (χ4v) is 4.51. The lowest BCUT2D eigenvalue weighted by Crippen LogP contribution is -2.56. The molecule has 1 aromatic rings. The number of hydrogen-bond acceptors (Lipinski definition) is 5. The van der Waals surface area contributed by atoms with Gasteiger partial charge in [0.15, 0.2) is 5.78 Å². The summed E-state index contributed by atoms with van der Waals surface area (Å²) >= 11 is 0. The molecule has 0 aliphatic carbocycles. The summed E-state index contributed by atoms with van der Waals surface area (Å²) in [7, 11) is 1.63. The number of hydroxylamine groups is 4. The lowest BCUT2D eigenvalue weighted by molar-refractivity contribution is -0.228. The van der Waals surface area contributed by atoms with Crippen molar-refractivity contribution in [3.63, 3.8) is 0 Å². The first-order chi connectivity index (χ1) is 12.4. The first-order valence-electron chi connectivity index (χ1n) is 9.23. The van der Waals surface area contributed by atoms with Crippen molar-refractivity contribution in [2.45, 2.75) is 52.0 Å². The average molecular weight is 360 g/mol. The first-order valence-corrected chi connectivity index (χ1v) is 9.23. The summed E-state index contributed by atoms with van der Waals surface area (Å²) in [5, 5.41) is 3.20. The number of Topliss-reactive ketones (excluding diaryl/α,β-unsaturated/α-hetero) is 1. The second kappa shape index (κ2) is 7.10. The van der Waals surface area contributed by atoms with Gasteiger partial charge in [0.1, 0.15) is 11.5 Å². The third-order valence-electron chi connectivity index (χ3n) is 5.65. The zero-order chi connectivity index (χ0) is 19.1. The van der Waals surface area contributed by atoms with E-state index in [-0.39, 0.29) is 11.7 Å². The van der Waals surface area contributed by atoms with Gasteiger partial charge in [-0.3, -0.25) is 14.4 Å². The fourth-order valence-electron chi connectivity index (χ4n) is 4.51. The van der Waals surface area contributed by atoms with Crippen LogP contribution < -0.4 is 0 Å². The average Bonchev–Trinajstić information content (AvgIpc) is 2.78. The summed E-state index contributed by atoms with van der Waals surface area (Å²) in [6.07, 6.45) is 1.04. The van der Waals surface area contributed by atoms with E-state index in [0.29, 0.717) is 32.5 Å². The molecular weight excluding hydrogens is 332 g/mol. The molecule has 2 heterocycles. The largest absolute Gasteiger partial charge is 0.302 e. The molecule has 2 fully saturated rings. The molecule has 0 radical (unpaired) electrons. The Kier molecular flexibility index (Phi) is 5.19. The van der Waals surface area contributed by atoms with E-state index >= 15 is 0 Å². The summed E-state index contributed by atoms with van der Waals surface area (Å²) in [5.74, 6) is -1.06. The van der Waals surface area contributed by atoms with Gasteiger partial charge in [-0.25, -0.2) is 5.06 Å². The second-order valence-electron chi connectivity index (χ2n) is 7.30. The van der Waals surface area contributed by atoms with Crippen LogP contribution in [0.1, 0.15) is 47.9 Å². The summed E-state index contributed by atoms with van der Waals surface area (Å²) in [6.45, 7) is 9.35. The van der Waals surface area contributed by atoms with Gasteiger partial charge in [-0.05, 0) is 57.2 Å². The van der Waals surface area contributed by atoms with Crippen LogP contribution in [0, 0.1) is 20.8 Å². The van der Waals surface area contributed by atoms with Gasteiger partial charge in [0.05, 0.1) is 13.7 Å². The smallest absolute Gasteiger partial charge is 0.262 e. The number of benzene rings is 1. The molecule has 2 aliphatic rings. The minimum atomic E-state index is -0.892. The SMILES string of the molecule is CCON1C(=O)C(c2c(C)cc(C)cc2C)C(=O)C12CCN(OC)CC2. The molecule has 2 saturated heterocycles. The van der Waals surface area contributed by atoms with Crippen LogP contribution in [0.25, 0.3) is 0 Å². The number of carbonyl (C=O) groups excluding carboxylic acids is 2. The molecule has 1 atom stereocenters. The number of hydrogen-bond donors (Lipinski definition) is 0. The highest BCUT2D eigenvalue weighted by molar-refractivity contribution is 6.17. The Morgan fingerprint density at radius 2 is 1.69 bits per heavy atom. The van der Waals surface area contributed by atoms with Gasteiger partial charge in [-0.15, -0.1) is 0 Å². The quantitative estimate of drug-likeness (QED) is 0.772. The predicted molar refractivity (Wildman–Crippen MR) is 97.4 cm³/mol. The van der Waals surface area contributed by atoms with Gasteiger partial charge in [-0.2, -0.15) is 5.06 Å². The van der Waals surface area contributed by atoms with Crippen LogP contribution in [0.15, 0.2) is 12.1 Å². The Labute approximate surface area is 155 Å². The molecule has 26 heavy (non-hydrogen) atoms. The van der Waals surface area contributed by atoms with Gasteiger partial charge in [0.25, 0.3) is 5.91 Å². The van der Waals surface area contributed by atoms with Crippen LogP contribution in [0.5, 0.6) is 0 Å². The van der Waals surface area contributed by atoms with E-state index in [2.05, 4.69) is 0 Å². The number of aryl methyl sites for hydroxylation is 3. The van der Waals surface area contributed by atoms with E-state index in [1.165, 1.54) is 5.06 Å². The lowest BCUT2D eigenvalue weighted by Gasteiger charge is -2.41. The number of ketones is 1. The number of carbonyl (C=O) groups is 2. The number of amides is 1. The minimum absolute atomic E-state index is 0.0400. The summed E-state index contributed by atoms with van der Waals surface area (Å²) < 4.78 is 0. The standard InChI is InChI=1S/C20H28N2O4/c1-6-26-22-19(24)17(16-14(3)11-13(2)12-15(16)4)18(23)20(22)7-9-21(25-5)10-8-20/h11-12,17H,6-10H2,1-5H3. The van der Waals surface area contributed by atoms with Gasteiger partial charge < -0.3 is 4.84 Å². The molecule has 1 spiro atoms. The maximum Gasteiger partial charge on any atom is 0.262 e. The van der Waals surface area contributed by atoms with E-state index in [9.17, 15) is 9.59 Å². The number of piperidine rings is 1. The van der Waals surface area contributed by atoms with E-state index in [4.69, 9.17) is 9.68 Å². The molecule has 142 valence electrons. The van der Waals surface area contributed by atoms with Gasteiger partial charge in [0.2, 0.25) is 0 Å². The van der Waals surface area contributed by atoms with Crippen LogP contribution in [-0.2, 0) is 19.3 Å². The van der Waals surface area contributed by atoms with Gasteiger partial charge in [0, 0.05) is 13.1 Å². The van der Waals surface area contributed by atoms with E-state index in [1.807, 2.05) is 44.9 Å². The number of nitrogens with zero attached hydrogens (tertiary/aromatic N) is 2. The van der Waals surface area contributed by atoms with Crippen molar-refractivity contribution in [2.75, 3.05) is 26.8 Å². The minimum Gasteiger partial charge on any atom is -0.302 e. The predicted octanol–water partition coefficient (Wildman–Crippen LogP) is 2.45. The molecule has 2 aliphatic heterocycles. The van der Waals surface area contributed by atoms with Crippen LogP contribution in [0.3, 0.4) is 0 Å². The zero-order valence-corrected chi connectivity index (χ0v) is 16.3. The molecule has 0 aromatic heterocycles.